The summed E-state index contributed by atoms with van der Waals surface area (Å²) in [6, 6.07) is 0.197. The smallest absolute Gasteiger partial charge is 0.317 e. The maximum Gasteiger partial charge on any atom is 0.317 e. The molecule has 0 aromatic carbocycles. The van der Waals surface area contributed by atoms with Crippen molar-refractivity contribution in [3.8, 4) is 0 Å². The van der Waals surface area contributed by atoms with E-state index in [4.69, 9.17) is 4.52 Å². The second-order valence-electron chi connectivity index (χ2n) is 5.84. The first-order chi connectivity index (χ1) is 10.0. The zero-order chi connectivity index (χ0) is 15.4. The Morgan fingerprint density at radius 1 is 1.48 bits per heavy atom. The van der Waals surface area contributed by atoms with Gasteiger partial charge in [-0.25, -0.2) is 4.79 Å². The van der Waals surface area contributed by atoms with Gasteiger partial charge in [-0.3, -0.25) is 0 Å². The van der Waals surface area contributed by atoms with Gasteiger partial charge in [0.25, 0.3) is 0 Å². The number of carbonyl (C=O) groups is 1. The van der Waals surface area contributed by atoms with E-state index < -0.39 is 0 Å². The Balaban J connectivity index is 1.84. The van der Waals surface area contributed by atoms with Crippen molar-refractivity contribution in [3.05, 3.63) is 11.7 Å². The van der Waals surface area contributed by atoms with E-state index in [9.17, 15) is 4.79 Å². The van der Waals surface area contributed by atoms with E-state index >= 15 is 0 Å². The highest BCUT2D eigenvalue weighted by atomic mass is 16.5. The van der Waals surface area contributed by atoms with Crippen molar-refractivity contribution in [3.63, 3.8) is 0 Å². The monoisotopic (exact) mass is 295 g/mol. The van der Waals surface area contributed by atoms with E-state index in [1.165, 1.54) is 0 Å². The van der Waals surface area contributed by atoms with Crippen molar-refractivity contribution >= 4 is 6.03 Å². The number of aromatic nitrogens is 2. The molecule has 7 nitrogen and oxygen atoms in total. The highest BCUT2D eigenvalue weighted by Gasteiger charge is 2.30. The molecule has 7 heteroatoms. The third kappa shape index (κ3) is 4.42. The summed E-state index contributed by atoms with van der Waals surface area (Å²) in [6.07, 6.45) is 2.25. The summed E-state index contributed by atoms with van der Waals surface area (Å²) >= 11 is 0. The predicted octanol–water partition coefficient (Wildman–Crippen LogP) is 1.43. The van der Waals surface area contributed by atoms with Gasteiger partial charge in [-0.05, 0) is 40.8 Å². The molecule has 2 amide bonds. The van der Waals surface area contributed by atoms with Gasteiger partial charge >= 0.3 is 6.03 Å². The summed E-state index contributed by atoms with van der Waals surface area (Å²) in [5.41, 5.74) is 0. The van der Waals surface area contributed by atoms with Crippen molar-refractivity contribution in [2.75, 3.05) is 27.2 Å². The lowest BCUT2D eigenvalue weighted by Crippen LogP contribution is -2.44. The first kappa shape index (κ1) is 15.8. The molecule has 0 radical (unpaired) electrons. The van der Waals surface area contributed by atoms with E-state index in [1.807, 2.05) is 21.0 Å². The van der Waals surface area contributed by atoms with E-state index in [0.717, 1.165) is 12.8 Å². The molecule has 1 atom stereocenters. The fourth-order valence-electron chi connectivity index (χ4n) is 1.86. The molecule has 1 aromatic heterocycles. The number of carbonyl (C=O) groups excluding carboxylic acids is 1. The number of amides is 2. The molecule has 1 aromatic rings. The van der Waals surface area contributed by atoms with Gasteiger partial charge in [-0.15, -0.1) is 0 Å². The molecule has 1 unspecified atom stereocenters. The molecule has 1 saturated carbocycles. The Morgan fingerprint density at radius 3 is 2.76 bits per heavy atom. The Kier molecular flexibility index (Phi) is 5.17. The average Bonchev–Trinajstić information content (AvgIpc) is 3.21. The predicted molar refractivity (Wildman–Crippen MR) is 78.9 cm³/mol. The molecule has 0 bridgehead atoms. The minimum absolute atomic E-state index is 0.0935. The quantitative estimate of drug-likeness (QED) is 0.823. The summed E-state index contributed by atoms with van der Waals surface area (Å²) in [7, 11) is 3.99. The fourth-order valence-corrected chi connectivity index (χ4v) is 1.86. The fraction of sp³-hybridized carbons (Fsp3) is 0.786. The molecule has 0 aliphatic heterocycles. The number of nitrogens with one attached hydrogen (secondary N) is 1. The van der Waals surface area contributed by atoms with Gasteiger partial charge in [-0.1, -0.05) is 5.16 Å². The minimum Gasteiger partial charge on any atom is -0.339 e. The molecule has 1 fully saturated rings. The van der Waals surface area contributed by atoms with Gasteiger partial charge in [0, 0.05) is 25.0 Å². The largest absolute Gasteiger partial charge is 0.339 e. The molecule has 21 heavy (non-hydrogen) atoms. The van der Waals surface area contributed by atoms with Crippen LogP contribution in [0.15, 0.2) is 4.52 Å². The molecule has 1 N–H and O–H groups in total. The van der Waals surface area contributed by atoms with E-state index in [0.29, 0.717) is 43.3 Å². The second-order valence-corrected chi connectivity index (χ2v) is 5.84. The number of hydrogen-bond donors (Lipinski definition) is 1. The second kappa shape index (κ2) is 6.89. The first-order valence-corrected chi connectivity index (χ1v) is 7.53. The van der Waals surface area contributed by atoms with Crippen LogP contribution in [0.3, 0.4) is 0 Å². The summed E-state index contributed by atoms with van der Waals surface area (Å²) in [5, 5.41) is 6.89. The maximum atomic E-state index is 12.2. The number of hydrogen-bond acceptors (Lipinski definition) is 5. The lowest BCUT2D eigenvalue weighted by atomic mass is 10.3. The summed E-state index contributed by atoms with van der Waals surface area (Å²) in [4.78, 5) is 20.3. The molecule has 1 heterocycles. The van der Waals surface area contributed by atoms with Crippen LogP contribution in [0, 0.1) is 0 Å². The number of likely N-dealkylation sites (N-methyl/N-ethyl adjacent to an activating group) is 1. The van der Waals surface area contributed by atoms with Crippen LogP contribution in [0.1, 0.15) is 44.3 Å². The minimum atomic E-state index is -0.0935. The molecule has 0 spiro atoms. The van der Waals surface area contributed by atoms with Crippen LogP contribution >= 0.6 is 0 Å². The van der Waals surface area contributed by atoms with E-state index in [1.54, 1.807) is 4.90 Å². The van der Waals surface area contributed by atoms with Crippen molar-refractivity contribution in [2.45, 2.75) is 45.2 Å². The van der Waals surface area contributed by atoms with Gasteiger partial charge < -0.3 is 19.6 Å². The molecule has 2 rings (SSSR count). The van der Waals surface area contributed by atoms with Gasteiger partial charge in [-0.2, -0.15) is 4.98 Å². The van der Waals surface area contributed by atoms with Crippen LogP contribution in [0.5, 0.6) is 0 Å². The van der Waals surface area contributed by atoms with E-state index in [2.05, 4.69) is 27.3 Å². The van der Waals surface area contributed by atoms with Crippen molar-refractivity contribution in [1.82, 2.24) is 25.3 Å². The SMILES string of the molecule is CCN(Cc1noc(C2CC2)n1)C(=O)NCC(C)N(C)C. The molecular weight excluding hydrogens is 270 g/mol. The molecule has 0 saturated heterocycles. The van der Waals surface area contributed by atoms with Crippen LogP contribution in [-0.2, 0) is 6.54 Å². The highest BCUT2D eigenvalue weighted by Crippen LogP contribution is 2.38. The standard InChI is InChI=1S/C14H25N5O2/c1-5-19(14(20)15-8-10(2)18(3)4)9-12-16-13(21-17-12)11-6-7-11/h10-11H,5-9H2,1-4H3,(H,15,20). The van der Waals surface area contributed by atoms with Crippen LogP contribution in [0.4, 0.5) is 4.79 Å². The Hall–Kier alpha value is -1.63. The summed E-state index contributed by atoms with van der Waals surface area (Å²) in [5.74, 6) is 1.73. The maximum absolute atomic E-state index is 12.2. The zero-order valence-electron chi connectivity index (χ0n) is 13.3. The highest BCUT2D eigenvalue weighted by molar-refractivity contribution is 5.74. The van der Waals surface area contributed by atoms with Crippen LogP contribution in [0.25, 0.3) is 0 Å². The number of rotatable bonds is 7. The van der Waals surface area contributed by atoms with Gasteiger partial charge in [0.2, 0.25) is 5.89 Å². The summed E-state index contributed by atoms with van der Waals surface area (Å²) in [6.45, 7) is 5.61. The molecular formula is C14H25N5O2. The third-order valence-electron chi connectivity index (χ3n) is 3.84. The van der Waals surface area contributed by atoms with Crippen molar-refractivity contribution < 1.29 is 9.32 Å². The average molecular weight is 295 g/mol. The van der Waals surface area contributed by atoms with Crippen LogP contribution < -0.4 is 5.32 Å². The lowest BCUT2D eigenvalue weighted by molar-refractivity contribution is 0.191. The first-order valence-electron chi connectivity index (χ1n) is 7.53. The number of urea groups is 1. The Labute approximate surface area is 125 Å². The van der Waals surface area contributed by atoms with Crippen LogP contribution in [0.2, 0.25) is 0 Å². The summed E-state index contributed by atoms with van der Waals surface area (Å²) < 4.78 is 5.22. The number of nitrogens with zero attached hydrogens (tertiary/aromatic N) is 4. The zero-order valence-corrected chi connectivity index (χ0v) is 13.3. The lowest BCUT2D eigenvalue weighted by Gasteiger charge is -2.24. The van der Waals surface area contributed by atoms with Gasteiger partial charge in [0.1, 0.15) is 0 Å². The molecule has 118 valence electrons. The Bertz CT molecular complexity index is 470. The van der Waals surface area contributed by atoms with Crippen molar-refractivity contribution in [2.24, 2.45) is 0 Å². The third-order valence-corrected chi connectivity index (χ3v) is 3.84. The molecule has 1 aliphatic rings. The Morgan fingerprint density at radius 2 is 2.19 bits per heavy atom. The normalized spacial score (nSPS) is 16.0. The molecule has 1 aliphatic carbocycles. The van der Waals surface area contributed by atoms with Gasteiger partial charge in [0.15, 0.2) is 5.82 Å². The van der Waals surface area contributed by atoms with E-state index in [-0.39, 0.29) is 6.03 Å². The van der Waals surface area contributed by atoms with Gasteiger partial charge in [0.05, 0.1) is 6.54 Å². The van der Waals surface area contributed by atoms with Crippen molar-refractivity contribution in [1.29, 1.82) is 0 Å². The van der Waals surface area contributed by atoms with Crippen LogP contribution in [-0.4, -0.2) is 59.2 Å². The topological polar surface area (TPSA) is 74.5 Å².